The van der Waals surface area contributed by atoms with Crippen molar-refractivity contribution in [3.05, 3.63) is 83.4 Å². The molecule has 0 spiro atoms. The third-order valence-corrected chi connectivity index (χ3v) is 8.58. The van der Waals surface area contributed by atoms with Crippen LogP contribution in [0.3, 0.4) is 0 Å². The maximum absolute atomic E-state index is 14.2. The average molecular weight is 596 g/mol. The molecule has 42 heavy (non-hydrogen) atoms. The maximum atomic E-state index is 14.2. The fraction of sp³-hybridized carbons (Fsp3) is 0.375. The summed E-state index contributed by atoms with van der Waals surface area (Å²) in [5, 5.41) is 2.91. The van der Waals surface area contributed by atoms with Gasteiger partial charge in [0.05, 0.1) is 24.8 Å². The van der Waals surface area contributed by atoms with E-state index in [1.54, 1.807) is 24.3 Å². The first-order chi connectivity index (χ1) is 19.9. The number of hydrogen-bond acceptors (Lipinski definition) is 6. The number of amides is 2. The molecule has 0 aliphatic rings. The van der Waals surface area contributed by atoms with Crippen molar-refractivity contribution in [3.63, 3.8) is 0 Å². The predicted molar refractivity (Wildman–Crippen MR) is 164 cm³/mol. The predicted octanol–water partition coefficient (Wildman–Crippen LogP) is 4.85. The van der Waals surface area contributed by atoms with E-state index in [2.05, 4.69) is 5.32 Å². The van der Waals surface area contributed by atoms with Crippen LogP contribution in [0.1, 0.15) is 43.9 Å². The van der Waals surface area contributed by atoms with Crippen LogP contribution in [0.4, 0.5) is 5.69 Å². The Balaban J connectivity index is 2.12. The zero-order chi connectivity index (χ0) is 31.0. The number of rotatable bonds is 13. The van der Waals surface area contributed by atoms with Crippen LogP contribution in [0.2, 0.25) is 0 Å². The zero-order valence-corrected chi connectivity index (χ0v) is 26.2. The van der Waals surface area contributed by atoms with Crippen LogP contribution in [0.15, 0.2) is 71.6 Å². The quantitative estimate of drug-likeness (QED) is 0.303. The normalized spacial score (nSPS) is 12.0. The number of aryl methyl sites for hydroxylation is 2. The lowest BCUT2D eigenvalue weighted by atomic mass is 10.1. The van der Waals surface area contributed by atoms with Crippen molar-refractivity contribution in [2.24, 2.45) is 0 Å². The van der Waals surface area contributed by atoms with E-state index >= 15 is 0 Å². The Hall–Kier alpha value is -4.05. The van der Waals surface area contributed by atoms with E-state index < -0.39 is 28.5 Å². The molecule has 10 heteroatoms. The molecule has 0 fully saturated rings. The van der Waals surface area contributed by atoms with Crippen LogP contribution < -0.4 is 19.1 Å². The lowest BCUT2D eigenvalue weighted by molar-refractivity contribution is -0.140. The van der Waals surface area contributed by atoms with Gasteiger partial charge < -0.3 is 19.7 Å². The molecule has 3 aromatic rings. The number of carbonyl (C=O) groups is 2. The number of sulfonamides is 1. The van der Waals surface area contributed by atoms with Gasteiger partial charge in [0.15, 0.2) is 11.5 Å². The van der Waals surface area contributed by atoms with Gasteiger partial charge >= 0.3 is 0 Å². The summed E-state index contributed by atoms with van der Waals surface area (Å²) in [5.74, 6) is -0.0936. The molecule has 0 heterocycles. The van der Waals surface area contributed by atoms with Crippen molar-refractivity contribution < 1.29 is 27.5 Å². The summed E-state index contributed by atoms with van der Waals surface area (Å²) in [6.45, 7) is 8.94. The monoisotopic (exact) mass is 595 g/mol. The Labute approximate surface area is 249 Å². The van der Waals surface area contributed by atoms with Gasteiger partial charge in [0.25, 0.3) is 10.0 Å². The number of methoxy groups -OCH3 is 2. The molecule has 3 aromatic carbocycles. The van der Waals surface area contributed by atoms with Gasteiger partial charge in [-0.25, -0.2) is 8.42 Å². The van der Waals surface area contributed by atoms with Crippen LogP contribution in [-0.2, 0) is 26.2 Å². The van der Waals surface area contributed by atoms with Crippen LogP contribution >= 0.6 is 0 Å². The molecule has 226 valence electrons. The Morgan fingerprint density at radius 1 is 0.881 bits per heavy atom. The van der Waals surface area contributed by atoms with Gasteiger partial charge in [0.1, 0.15) is 12.6 Å². The molecule has 0 aliphatic carbocycles. The van der Waals surface area contributed by atoms with Gasteiger partial charge in [-0.05, 0) is 63.9 Å². The molecule has 2 amide bonds. The second-order valence-electron chi connectivity index (χ2n) is 10.5. The first-order valence-electron chi connectivity index (χ1n) is 13.9. The largest absolute Gasteiger partial charge is 0.493 e. The number of hydrogen-bond donors (Lipinski definition) is 1. The molecular formula is C32H41N3O6S. The second kappa shape index (κ2) is 14.2. The van der Waals surface area contributed by atoms with Crippen LogP contribution in [0.5, 0.6) is 11.5 Å². The number of ether oxygens (including phenoxy) is 2. The Morgan fingerprint density at radius 3 is 2.12 bits per heavy atom. The van der Waals surface area contributed by atoms with E-state index in [4.69, 9.17) is 9.47 Å². The second-order valence-corrected chi connectivity index (χ2v) is 12.3. The number of nitrogens with zero attached hydrogens (tertiary/aromatic N) is 2. The zero-order valence-electron chi connectivity index (χ0n) is 25.4. The number of anilines is 1. The maximum Gasteiger partial charge on any atom is 0.264 e. The molecule has 0 saturated heterocycles. The third kappa shape index (κ3) is 7.82. The van der Waals surface area contributed by atoms with Gasteiger partial charge in [-0.15, -0.1) is 0 Å². The Kier molecular flexibility index (Phi) is 11.0. The molecule has 1 N–H and O–H groups in total. The molecule has 0 aliphatic heterocycles. The molecule has 0 bridgehead atoms. The summed E-state index contributed by atoms with van der Waals surface area (Å²) in [4.78, 5) is 29.0. The summed E-state index contributed by atoms with van der Waals surface area (Å²) < 4.78 is 40.0. The first kappa shape index (κ1) is 32.5. The van der Waals surface area contributed by atoms with Crippen molar-refractivity contribution in [3.8, 4) is 11.5 Å². The van der Waals surface area contributed by atoms with Gasteiger partial charge in [-0.2, -0.15) is 0 Å². The minimum atomic E-state index is -4.21. The van der Waals surface area contributed by atoms with Crippen molar-refractivity contribution in [1.82, 2.24) is 10.2 Å². The van der Waals surface area contributed by atoms with E-state index in [1.807, 2.05) is 58.9 Å². The minimum absolute atomic E-state index is 0.0329. The van der Waals surface area contributed by atoms with Gasteiger partial charge in [-0.3, -0.25) is 13.9 Å². The summed E-state index contributed by atoms with van der Waals surface area (Å²) in [7, 11) is -1.27. The SMILES string of the molecule is CC[C@@H](C(=O)NC(C)C)N(Cc1cccc(C)c1)C(=O)CN(c1ccc(OC)c(OC)c1)S(=O)(=O)c1ccc(C)cc1. The Bertz CT molecular complexity index is 1490. The lowest BCUT2D eigenvalue weighted by Gasteiger charge is -2.33. The fourth-order valence-electron chi connectivity index (χ4n) is 4.65. The highest BCUT2D eigenvalue weighted by Gasteiger charge is 2.34. The summed E-state index contributed by atoms with van der Waals surface area (Å²) >= 11 is 0. The van der Waals surface area contributed by atoms with E-state index in [9.17, 15) is 18.0 Å². The fourth-order valence-corrected chi connectivity index (χ4v) is 6.06. The molecule has 1 atom stereocenters. The lowest BCUT2D eigenvalue weighted by Crippen LogP contribution is -2.53. The van der Waals surface area contributed by atoms with Gasteiger partial charge in [0, 0.05) is 18.7 Å². The molecule has 0 unspecified atom stereocenters. The summed E-state index contributed by atoms with van der Waals surface area (Å²) in [5.41, 5.74) is 2.96. The molecule has 0 radical (unpaired) electrons. The smallest absolute Gasteiger partial charge is 0.264 e. The Morgan fingerprint density at radius 2 is 1.55 bits per heavy atom. The summed E-state index contributed by atoms with van der Waals surface area (Å²) in [6.07, 6.45) is 0.344. The van der Waals surface area contributed by atoms with Gasteiger partial charge in [0.2, 0.25) is 11.8 Å². The third-order valence-electron chi connectivity index (χ3n) is 6.80. The van der Waals surface area contributed by atoms with Crippen molar-refractivity contribution >= 4 is 27.5 Å². The number of benzene rings is 3. The van der Waals surface area contributed by atoms with Crippen molar-refractivity contribution in [1.29, 1.82) is 0 Å². The van der Waals surface area contributed by atoms with E-state index in [-0.39, 0.29) is 29.1 Å². The number of carbonyl (C=O) groups excluding carboxylic acids is 2. The van der Waals surface area contributed by atoms with Crippen LogP contribution in [0, 0.1) is 13.8 Å². The van der Waals surface area contributed by atoms with E-state index in [0.717, 1.165) is 21.0 Å². The molecule has 9 nitrogen and oxygen atoms in total. The standard InChI is InChI=1S/C32H41N3O6S/c1-8-28(32(37)33-22(2)3)34(20-25-11-9-10-24(5)18-25)31(36)21-35(26-14-17-29(40-6)30(19-26)41-7)42(38,39)27-15-12-23(4)13-16-27/h9-19,22,28H,8,20-21H2,1-7H3,(H,33,37)/t28-/m0/s1. The highest BCUT2D eigenvalue weighted by molar-refractivity contribution is 7.92. The number of nitrogens with one attached hydrogen (secondary N) is 1. The van der Waals surface area contributed by atoms with Crippen LogP contribution in [0.25, 0.3) is 0 Å². The average Bonchev–Trinajstić information content (AvgIpc) is 2.95. The van der Waals surface area contributed by atoms with Crippen molar-refractivity contribution in [2.45, 2.75) is 64.6 Å². The first-order valence-corrected chi connectivity index (χ1v) is 15.3. The molecule has 0 aromatic heterocycles. The van der Waals surface area contributed by atoms with Crippen molar-refractivity contribution in [2.75, 3.05) is 25.1 Å². The van der Waals surface area contributed by atoms with E-state index in [1.165, 1.54) is 37.3 Å². The summed E-state index contributed by atoms with van der Waals surface area (Å²) in [6, 6.07) is 17.8. The molecular weight excluding hydrogens is 554 g/mol. The van der Waals surface area contributed by atoms with Gasteiger partial charge in [-0.1, -0.05) is 54.4 Å². The molecule has 0 saturated carbocycles. The van der Waals surface area contributed by atoms with Crippen LogP contribution in [-0.4, -0.2) is 58.0 Å². The highest BCUT2D eigenvalue weighted by Crippen LogP contribution is 2.34. The van der Waals surface area contributed by atoms with E-state index in [0.29, 0.717) is 17.9 Å². The molecule has 3 rings (SSSR count). The topological polar surface area (TPSA) is 105 Å². The minimum Gasteiger partial charge on any atom is -0.493 e. The highest BCUT2D eigenvalue weighted by atomic mass is 32.2.